The molecule has 138 valence electrons. The van der Waals surface area contributed by atoms with Gasteiger partial charge in [0.1, 0.15) is 5.75 Å². The fourth-order valence-corrected chi connectivity index (χ4v) is 2.91. The first-order valence-electron chi connectivity index (χ1n) is 7.59. The maximum Gasteiger partial charge on any atom is 0.277 e. The summed E-state index contributed by atoms with van der Waals surface area (Å²) < 4.78 is 11.2. The minimum atomic E-state index is -0.396. The van der Waals surface area contributed by atoms with Crippen LogP contribution in [0.25, 0.3) is 0 Å². The molecule has 0 saturated carbocycles. The second kappa shape index (κ2) is 9.09. The van der Waals surface area contributed by atoms with Crippen LogP contribution < -0.4 is 14.9 Å². The van der Waals surface area contributed by atoms with Gasteiger partial charge in [0.05, 0.1) is 16.9 Å². The van der Waals surface area contributed by atoms with E-state index in [4.69, 9.17) is 21.1 Å². The SMILES string of the molecule is COc1cc(/C=N/NC(=O)COc2cc(C)c(Cl)c(C)c2)cc(I)c1O. The number of halogens is 2. The summed E-state index contributed by atoms with van der Waals surface area (Å²) >= 11 is 8.09. The lowest BCUT2D eigenvalue weighted by atomic mass is 10.1. The van der Waals surface area contributed by atoms with Gasteiger partial charge in [0.2, 0.25) is 0 Å². The molecule has 6 nitrogen and oxygen atoms in total. The van der Waals surface area contributed by atoms with Gasteiger partial charge < -0.3 is 14.6 Å². The van der Waals surface area contributed by atoms with Crippen LogP contribution in [0.3, 0.4) is 0 Å². The van der Waals surface area contributed by atoms with Gasteiger partial charge in [0.25, 0.3) is 5.91 Å². The topological polar surface area (TPSA) is 80.2 Å². The number of phenols is 1. The van der Waals surface area contributed by atoms with Gasteiger partial charge >= 0.3 is 0 Å². The van der Waals surface area contributed by atoms with Gasteiger partial charge in [-0.25, -0.2) is 5.43 Å². The third-order valence-corrected chi connectivity index (χ3v) is 4.87. The normalized spacial score (nSPS) is 10.8. The molecule has 0 fully saturated rings. The van der Waals surface area contributed by atoms with Crippen molar-refractivity contribution in [2.45, 2.75) is 13.8 Å². The molecule has 0 atom stereocenters. The highest BCUT2D eigenvalue weighted by Crippen LogP contribution is 2.31. The summed E-state index contributed by atoms with van der Waals surface area (Å²) in [4.78, 5) is 11.8. The van der Waals surface area contributed by atoms with E-state index < -0.39 is 5.91 Å². The first kappa shape index (κ1) is 20.3. The van der Waals surface area contributed by atoms with Crippen molar-refractivity contribution < 1.29 is 19.4 Å². The van der Waals surface area contributed by atoms with E-state index >= 15 is 0 Å². The molecule has 0 saturated heterocycles. The molecular formula is C18H18ClIN2O4. The van der Waals surface area contributed by atoms with E-state index in [2.05, 4.69) is 10.5 Å². The molecule has 0 bridgehead atoms. The highest BCUT2D eigenvalue weighted by atomic mass is 127. The summed E-state index contributed by atoms with van der Waals surface area (Å²) in [5.41, 5.74) is 4.83. The largest absolute Gasteiger partial charge is 0.504 e. The Labute approximate surface area is 170 Å². The Hall–Kier alpha value is -2.00. The lowest BCUT2D eigenvalue weighted by molar-refractivity contribution is -0.123. The van der Waals surface area contributed by atoms with E-state index in [1.165, 1.54) is 13.3 Å². The number of carbonyl (C=O) groups excluding carboxylic acids is 1. The summed E-state index contributed by atoms with van der Waals surface area (Å²) in [6, 6.07) is 6.87. The van der Waals surface area contributed by atoms with E-state index in [1.807, 2.05) is 36.4 Å². The van der Waals surface area contributed by atoms with Crippen molar-refractivity contribution in [3.05, 3.63) is 49.5 Å². The minimum absolute atomic E-state index is 0.0660. The van der Waals surface area contributed by atoms with Crippen LogP contribution in [0.4, 0.5) is 0 Å². The highest BCUT2D eigenvalue weighted by Gasteiger charge is 2.08. The van der Waals surface area contributed by atoms with Crippen molar-refractivity contribution in [3.63, 3.8) is 0 Å². The van der Waals surface area contributed by atoms with E-state index in [-0.39, 0.29) is 12.4 Å². The number of carbonyl (C=O) groups is 1. The Morgan fingerprint density at radius 2 is 1.96 bits per heavy atom. The van der Waals surface area contributed by atoms with Crippen molar-refractivity contribution in [2.75, 3.05) is 13.7 Å². The molecular weight excluding hydrogens is 471 g/mol. The Balaban J connectivity index is 1.93. The summed E-state index contributed by atoms with van der Waals surface area (Å²) in [6.07, 6.45) is 1.46. The molecule has 0 aliphatic rings. The number of rotatable bonds is 6. The molecule has 0 radical (unpaired) electrons. The van der Waals surface area contributed by atoms with E-state index in [9.17, 15) is 9.90 Å². The maximum atomic E-state index is 11.8. The zero-order valence-electron chi connectivity index (χ0n) is 14.5. The van der Waals surface area contributed by atoms with Crippen molar-refractivity contribution in [3.8, 4) is 17.2 Å². The number of amides is 1. The highest BCUT2D eigenvalue weighted by molar-refractivity contribution is 14.1. The number of phenolic OH excluding ortho intramolecular Hbond substituents is 1. The monoisotopic (exact) mass is 488 g/mol. The number of hydrogen-bond acceptors (Lipinski definition) is 5. The number of aryl methyl sites for hydroxylation is 2. The molecule has 0 aliphatic heterocycles. The standard InChI is InChI=1S/C18H18ClIN2O4/c1-10-4-13(5-11(2)17(10)19)26-9-16(23)22-21-8-12-6-14(20)18(24)15(7-12)25-3/h4-8,24H,9H2,1-3H3,(H,22,23)/b21-8+. The van der Waals surface area contributed by atoms with Gasteiger partial charge in [0.15, 0.2) is 18.1 Å². The van der Waals surface area contributed by atoms with Gasteiger partial charge in [-0.15, -0.1) is 0 Å². The van der Waals surface area contributed by atoms with Gasteiger partial charge in [-0.2, -0.15) is 5.10 Å². The fraction of sp³-hybridized carbons (Fsp3) is 0.222. The van der Waals surface area contributed by atoms with Crippen LogP contribution in [0.15, 0.2) is 29.4 Å². The first-order valence-corrected chi connectivity index (χ1v) is 9.05. The van der Waals surface area contributed by atoms with Crippen LogP contribution in [0.2, 0.25) is 5.02 Å². The van der Waals surface area contributed by atoms with E-state index in [0.29, 0.717) is 25.7 Å². The average molecular weight is 489 g/mol. The van der Waals surface area contributed by atoms with Crippen molar-refractivity contribution >= 4 is 46.3 Å². The molecule has 2 aromatic carbocycles. The van der Waals surface area contributed by atoms with Crippen LogP contribution in [-0.2, 0) is 4.79 Å². The molecule has 26 heavy (non-hydrogen) atoms. The summed E-state index contributed by atoms with van der Waals surface area (Å²) in [5.74, 6) is 0.575. The number of ether oxygens (including phenoxy) is 2. The van der Waals surface area contributed by atoms with Gasteiger partial charge in [0, 0.05) is 5.02 Å². The second-order valence-electron chi connectivity index (χ2n) is 5.51. The molecule has 0 aliphatic carbocycles. The molecule has 2 rings (SSSR count). The minimum Gasteiger partial charge on any atom is -0.504 e. The maximum absolute atomic E-state index is 11.8. The van der Waals surface area contributed by atoms with Gasteiger partial charge in [-0.1, -0.05) is 11.6 Å². The van der Waals surface area contributed by atoms with Crippen LogP contribution in [0.1, 0.15) is 16.7 Å². The Morgan fingerprint density at radius 1 is 1.31 bits per heavy atom. The van der Waals surface area contributed by atoms with Crippen molar-refractivity contribution in [2.24, 2.45) is 5.10 Å². The number of hydrazone groups is 1. The Bertz CT molecular complexity index is 832. The third kappa shape index (κ3) is 5.25. The van der Waals surface area contributed by atoms with Gasteiger partial charge in [-0.3, -0.25) is 4.79 Å². The number of nitrogens with one attached hydrogen (secondary N) is 1. The summed E-state index contributed by atoms with van der Waals surface area (Å²) in [6.45, 7) is 3.58. The van der Waals surface area contributed by atoms with Crippen molar-refractivity contribution in [1.82, 2.24) is 5.43 Å². The quantitative estimate of drug-likeness (QED) is 0.368. The molecule has 0 aromatic heterocycles. The van der Waals surface area contributed by atoms with Crippen LogP contribution in [0.5, 0.6) is 17.2 Å². The molecule has 2 N–H and O–H groups in total. The number of benzene rings is 2. The smallest absolute Gasteiger partial charge is 0.277 e. The van der Waals surface area contributed by atoms with Crippen LogP contribution >= 0.6 is 34.2 Å². The molecule has 0 unspecified atom stereocenters. The lowest BCUT2D eigenvalue weighted by Gasteiger charge is -2.09. The number of nitrogens with zero attached hydrogens (tertiary/aromatic N) is 1. The predicted molar refractivity (Wildman–Crippen MR) is 110 cm³/mol. The first-order chi connectivity index (χ1) is 12.3. The fourth-order valence-electron chi connectivity index (χ4n) is 2.17. The van der Waals surface area contributed by atoms with E-state index in [0.717, 1.165) is 11.1 Å². The second-order valence-corrected chi connectivity index (χ2v) is 7.05. The summed E-state index contributed by atoms with van der Waals surface area (Å²) in [7, 11) is 1.46. The number of methoxy groups -OCH3 is 1. The van der Waals surface area contributed by atoms with E-state index in [1.54, 1.807) is 24.3 Å². The molecule has 2 aromatic rings. The Kier molecular flexibility index (Phi) is 7.10. The van der Waals surface area contributed by atoms with Gasteiger partial charge in [-0.05, 0) is 77.4 Å². The third-order valence-electron chi connectivity index (χ3n) is 3.45. The lowest BCUT2D eigenvalue weighted by Crippen LogP contribution is -2.24. The Morgan fingerprint density at radius 3 is 2.58 bits per heavy atom. The van der Waals surface area contributed by atoms with Crippen LogP contribution in [-0.4, -0.2) is 30.9 Å². The predicted octanol–water partition coefficient (Wildman–Crippen LogP) is 3.80. The average Bonchev–Trinajstić information content (AvgIpc) is 2.60. The number of hydrogen-bond donors (Lipinski definition) is 2. The molecule has 1 amide bonds. The number of aromatic hydroxyl groups is 1. The molecule has 0 spiro atoms. The summed E-state index contributed by atoms with van der Waals surface area (Å²) in [5, 5.41) is 14.4. The van der Waals surface area contributed by atoms with Crippen LogP contribution in [0, 0.1) is 17.4 Å². The zero-order valence-corrected chi connectivity index (χ0v) is 17.4. The van der Waals surface area contributed by atoms with Crippen molar-refractivity contribution in [1.29, 1.82) is 0 Å². The molecule has 8 heteroatoms. The zero-order chi connectivity index (χ0) is 19.3. The molecule has 0 heterocycles.